The monoisotopic (exact) mass is 396 g/mol. The molecule has 0 saturated carbocycles. The molecular weight excluding hydrogens is 371 g/mol. The summed E-state index contributed by atoms with van der Waals surface area (Å²) in [6, 6.07) is 15.7. The fourth-order valence-corrected chi connectivity index (χ4v) is 3.10. The van der Waals surface area contributed by atoms with Crippen LogP contribution in [0.3, 0.4) is 0 Å². The minimum absolute atomic E-state index is 0. The minimum Gasteiger partial charge on any atom is -0.356 e. The van der Waals surface area contributed by atoms with Crippen molar-refractivity contribution in [3.8, 4) is 0 Å². The van der Waals surface area contributed by atoms with Crippen molar-refractivity contribution in [2.24, 2.45) is 5.73 Å². The Morgan fingerprint density at radius 3 is 2.38 bits per heavy atom. The third kappa shape index (κ3) is 6.16. The third-order valence-electron chi connectivity index (χ3n) is 4.47. The van der Waals surface area contributed by atoms with E-state index in [4.69, 9.17) is 5.73 Å². The highest BCUT2D eigenvalue weighted by Crippen LogP contribution is 2.18. The molecule has 0 radical (unpaired) electrons. The van der Waals surface area contributed by atoms with Crippen LogP contribution < -0.4 is 16.0 Å². The van der Waals surface area contributed by atoms with E-state index in [2.05, 4.69) is 15.2 Å². The molecule has 1 saturated heterocycles. The molecule has 0 spiro atoms. The molecule has 1 aromatic carbocycles. The van der Waals surface area contributed by atoms with E-state index in [1.807, 2.05) is 54.7 Å². The fourth-order valence-electron chi connectivity index (χ4n) is 3.10. The van der Waals surface area contributed by atoms with Crippen LogP contribution in [-0.4, -0.2) is 30.0 Å². The smallest absolute Gasteiger partial charge is 0.222 e. The molecule has 1 aliphatic heterocycles. The number of aromatic nitrogens is 1. The molecule has 2 heterocycles. The topological polar surface area (TPSA) is 71.2 Å². The Balaban J connectivity index is 0.00000169. The first-order chi connectivity index (χ1) is 11.7. The zero-order valence-corrected chi connectivity index (χ0v) is 16.2. The Morgan fingerprint density at radius 1 is 1.12 bits per heavy atom. The number of halogens is 2. The van der Waals surface area contributed by atoms with Crippen LogP contribution in [-0.2, 0) is 4.79 Å². The summed E-state index contributed by atoms with van der Waals surface area (Å²) in [6.45, 7) is 1.82. The molecule has 142 valence electrons. The molecule has 1 amide bonds. The largest absolute Gasteiger partial charge is 0.356 e. The highest BCUT2D eigenvalue weighted by molar-refractivity contribution is 5.85. The number of amides is 1. The maximum atomic E-state index is 12.2. The van der Waals surface area contributed by atoms with Crippen LogP contribution in [0.25, 0.3) is 0 Å². The summed E-state index contributed by atoms with van der Waals surface area (Å²) >= 11 is 0. The summed E-state index contributed by atoms with van der Waals surface area (Å²) in [5.74, 6) is 1.04. The highest BCUT2D eigenvalue weighted by Gasteiger charge is 2.22. The molecule has 1 aromatic heterocycles. The van der Waals surface area contributed by atoms with Gasteiger partial charge >= 0.3 is 0 Å². The van der Waals surface area contributed by atoms with Crippen molar-refractivity contribution in [2.75, 3.05) is 18.0 Å². The molecule has 2 aromatic rings. The van der Waals surface area contributed by atoms with E-state index < -0.39 is 0 Å². The van der Waals surface area contributed by atoms with Gasteiger partial charge in [-0.2, -0.15) is 0 Å². The van der Waals surface area contributed by atoms with Crippen molar-refractivity contribution in [1.82, 2.24) is 10.3 Å². The number of rotatable bonds is 5. The Morgan fingerprint density at radius 2 is 1.77 bits per heavy atom. The SMILES string of the molecule is Cl.Cl.NC(CC(=O)NC1CCN(c2ccccn2)CC1)c1ccccc1. The van der Waals surface area contributed by atoms with Gasteiger partial charge in [-0.05, 0) is 30.5 Å². The average molecular weight is 397 g/mol. The van der Waals surface area contributed by atoms with Crippen LogP contribution in [0.5, 0.6) is 0 Å². The fraction of sp³-hybridized carbons (Fsp3) is 0.368. The predicted octanol–water partition coefficient (Wildman–Crippen LogP) is 3.10. The van der Waals surface area contributed by atoms with Crippen molar-refractivity contribution in [3.63, 3.8) is 0 Å². The number of pyridine rings is 1. The average Bonchev–Trinajstić information content (AvgIpc) is 2.64. The zero-order valence-electron chi connectivity index (χ0n) is 14.6. The van der Waals surface area contributed by atoms with Crippen molar-refractivity contribution in [2.45, 2.75) is 31.3 Å². The van der Waals surface area contributed by atoms with Gasteiger partial charge in [0, 0.05) is 37.8 Å². The van der Waals surface area contributed by atoms with Gasteiger partial charge in [-0.15, -0.1) is 24.8 Å². The third-order valence-corrected chi connectivity index (χ3v) is 4.47. The van der Waals surface area contributed by atoms with Gasteiger partial charge in [0.15, 0.2) is 0 Å². The number of anilines is 1. The molecule has 5 nitrogen and oxygen atoms in total. The number of hydrogen-bond acceptors (Lipinski definition) is 4. The lowest BCUT2D eigenvalue weighted by Crippen LogP contribution is -2.45. The number of nitrogens with one attached hydrogen (secondary N) is 1. The number of nitrogens with zero attached hydrogens (tertiary/aromatic N) is 2. The van der Waals surface area contributed by atoms with Gasteiger partial charge in [0.25, 0.3) is 0 Å². The number of piperidine rings is 1. The van der Waals surface area contributed by atoms with Crippen molar-refractivity contribution in [1.29, 1.82) is 0 Å². The number of nitrogens with two attached hydrogens (primary N) is 1. The Hall–Kier alpha value is -1.82. The van der Waals surface area contributed by atoms with Gasteiger partial charge in [-0.1, -0.05) is 36.4 Å². The standard InChI is InChI=1S/C19H24N4O.2ClH/c20-17(15-6-2-1-3-7-15)14-19(24)22-16-9-12-23(13-10-16)18-8-4-5-11-21-18;;/h1-8,11,16-17H,9-10,12-14,20H2,(H,22,24);2*1H. The van der Waals surface area contributed by atoms with Gasteiger partial charge in [0.2, 0.25) is 5.91 Å². The number of carbonyl (C=O) groups excluding carboxylic acids is 1. The number of hydrogen-bond donors (Lipinski definition) is 2. The molecule has 1 aliphatic rings. The first-order valence-electron chi connectivity index (χ1n) is 8.48. The molecule has 3 rings (SSSR count). The first kappa shape index (κ1) is 22.2. The van der Waals surface area contributed by atoms with Crippen LogP contribution in [0.4, 0.5) is 5.82 Å². The maximum absolute atomic E-state index is 12.2. The summed E-state index contributed by atoms with van der Waals surface area (Å²) in [4.78, 5) is 18.9. The lowest BCUT2D eigenvalue weighted by atomic mass is 10.0. The van der Waals surface area contributed by atoms with E-state index in [1.54, 1.807) is 0 Å². The van der Waals surface area contributed by atoms with Crippen LogP contribution >= 0.6 is 24.8 Å². The predicted molar refractivity (Wildman–Crippen MR) is 110 cm³/mol. The van der Waals surface area contributed by atoms with E-state index in [0.717, 1.165) is 37.3 Å². The first-order valence-corrected chi connectivity index (χ1v) is 8.48. The summed E-state index contributed by atoms with van der Waals surface area (Å²) < 4.78 is 0. The van der Waals surface area contributed by atoms with Gasteiger partial charge in [-0.3, -0.25) is 4.79 Å². The van der Waals surface area contributed by atoms with Crippen LogP contribution in [0.15, 0.2) is 54.7 Å². The van der Waals surface area contributed by atoms with E-state index in [-0.39, 0.29) is 42.8 Å². The Kier molecular flexibility index (Phi) is 9.41. The van der Waals surface area contributed by atoms with Crippen LogP contribution in [0, 0.1) is 0 Å². The second-order valence-electron chi connectivity index (χ2n) is 6.24. The molecule has 1 unspecified atom stereocenters. The van der Waals surface area contributed by atoms with Crippen molar-refractivity contribution in [3.05, 3.63) is 60.3 Å². The summed E-state index contributed by atoms with van der Waals surface area (Å²) in [6.07, 6.45) is 4.00. The number of benzene rings is 1. The summed E-state index contributed by atoms with van der Waals surface area (Å²) in [7, 11) is 0. The Labute approximate surface area is 167 Å². The molecular formula is C19H26Cl2N4O. The molecule has 0 bridgehead atoms. The lowest BCUT2D eigenvalue weighted by Gasteiger charge is -2.33. The van der Waals surface area contributed by atoms with E-state index in [0.29, 0.717) is 6.42 Å². The van der Waals surface area contributed by atoms with Crippen molar-refractivity contribution >= 4 is 36.5 Å². The maximum Gasteiger partial charge on any atom is 0.222 e. The lowest BCUT2D eigenvalue weighted by molar-refractivity contribution is -0.122. The second kappa shape index (κ2) is 11.0. The number of carbonyl (C=O) groups is 1. The molecule has 7 heteroatoms. The van der Waals surface area contributed by atoms with Gasteiger partial charge < -0.3 is 16.0 Å². The molecule has 0 aliphatic carbocycles. The quantitative estimate of drug-likeness (QED) is 0.814. The summed E-state index contributed by atoms with van der Waals surface area (Å²) in [5.41, 5.74) is 7.12. The summed E-state index contributed by atoms with van der Waals surface area (Å²) in [5, 5.41) is 3.13. The normalized spacial score (nSPS) is 15.3. The minimum atomic E-state index is -0.250. The van der Waals surface area contributed by atoms with Gasteiger partial charge in [0.05, 0.1) is 0 Å². The van der Waals surface area contributed by atoms with Crippen LogP contribution in [0.2, 0.25) is 0 Å². The Bertz CT molecular complexity index is 649. The van der Waals surface area contributed by atoms with E-state index in [1.165, 1.54) is 0 Å². The molecule has 1 fully saturated rings. The zero-order chi connectivity index (χ0) is 16.8. The highest BCUT2D eigenvalue weighted by atomic mass is 35.5. The molecule has 1 atom stereocenters. The van der Waals surface area contributed by atoms with Gasteiger partial charge in [0.1, 0.15) is 5.82 Å². The van der Waals surface area contributed by atoms with E-state index >= 15 is 0 Å². The second-order valence-corrected chi connectivity index (χ2v) is 6.24. The van der Waals surface area contributed by atoms with E-state index in [9.17, 15) is 4.79 Å². The van der Waals surface area contributed by atoms with Gasteiger partial charge in [-0.25, -0.2) is 4.98 Å². The van der Waals surface area contributed by atoms with Crippen LogP contribution in [0.1, 0.15) is 30.9 Å². The van der Waals surface area contributed by atoms with Crippen molar-refractivity contribution < 1.29 is 4.79 Å². The molecule has 3 N–H and O–H groups in total. The molecule has 26 heavy (non-hydrogen) atoms.